The highest BCUT2D eigenvalue weighted by atomic mass is 32.1. The number of piperazine rings is 1. The van der Waals surface area contributed by atoms with Crippen LogP contribution in [0.1, 0.15) is 21.0 Å². The summed E-state index contributed by atoms with van der Waals surface area (Å²) >= 11 is 1.51. The average Bonchev–Trinajstić information content (AvgIpc) is 3.30. The highest BCUT2D eigenvalue weighted by molar-refractivity contribution is 7.08. The Bertz CT molecular complexity index is 846. The molecule has 2 aromatic heterocycles. The fraction of sp³-hybridized carbons (Fsp3) is 0.235. The Hall–Kier alpha value is -2.67. The summed E-state index contributed by atoms with van der Waals surface area (Å²) in [5.74, 6) is 0.273. The second kappa shape index (κ2) is 6.09. The van der Waals surface area contributed by atoms with Crippen molar-refractivity contribution in [1.82, 2.24) is 19.8 Å². The zero-order valence-electron chi connectivity index (χ0n) is 12.9. The Morgan fingerprint density at radius 1 is 1.00 bits per heavy atom. The van der Waals surface area contributed by atoms with Crippen molar-refractivity contribution in [1.29, 1.82) is 0 Å². The first-order chi connectivity index (χ1) is 11.7. The summed E-state index contributed by atoms with van der Waals surface area (Å²) < 4.78 is 0. The number of carbonyl (C=O) groups excluding carboxylic acids is 2. The van der Waals surface area contributed by atoms with E-state index < -0.39 is 0 Å². The van der Waals surface area contributed by atoms with Crippen LogP contribution in [0, 0.1) is 0 Å². The number of aromatic amines is 1. The number of carbonyl (C=O) groups is 2. The summed E-state index contributed by atoms with van der Waals surface area (Å²) in [7, 11) is 0. The number of H-pyrrole nitrogens is 1. The van der Waals surface area contributed by atoms with Crippen molar-refractivity contribution in [3.05, 3.63) is 52.5 Å². The number of nitrogens with zero attached hydrogens (tertiary/aromatic N) is 3. The van der Waals surface area contributed by atoms with Gasteiger partial charge in [0.25, 0.3) is 11.8 Å². The summed E-state index contributed by atoms with van der Waals surface area (Å²) in [6.07, 6.45) is 0. The number of hydrogen-bond acceptors (Lipinski definition) is 4. The molecule has 0 bridgehead atoms. The topological polar surface area (TPSA) is 69.3 Å². The number of imidazole rings is 1. The normalized spacial score (nSPS) is 15.0. The van der Waals surface area contributed by atoms with Gasteiger partial charge in [0.2, 0.25) is 0 Å². The molecule has 0 spiro atoms. The molecule has 1 aliphatic heterocycles. The van der Waals surface area contributed by atoms with Crippen LogP contribution in [0.5, 0.6) is 0 Å². The first kappa shape index (κ1) is 14.9. The molecule has 1 N–H and O–H groups in total. The molecule has 1 aromatic carbocycles. The van der Waals surface area contributed by atoms with Crippen LogP contribution in [0.4, 0.5) is 0 Å². The monoisotopic (exact) mass is 340 g/mol. The molecule has 1 fully saturated rings. The van der Waals surface area contributed by atoms with Crippen LogP contribution in [0.3, 0.4) is 0 Å². The molecule has 1 saturated heterocycles. The first-order valence-electron chi connectivity index (χ1n) is 7.78. The number of para-hydroxylation sites is 2. The van der Waals surface area contributed by atoms with Crippen LogP contribution in [0.15, 0.2) is 41.1 Å². The Labute approximate surface area is 142 Å². The molecule has 24 heavy (non-hydrogen) atoms. The smallest absolute Gasteiger partial charge is 0.289 e. The van der Waals surface area contributed by atoms with Crippen LogP contribution in [0.2, 0.25) is 0 Å². The molecule has 0 aliphatic carbocycles. The molecule has 3 heterocycles. The highest BCUT2D eigenvalue weighted by Gasteiger charge is 2.27. The third kappa shape index (κ3) is 2.67. The Kier molecular flexibility index (Phi) is 3.78. The van der Waals surface area contributed by atoms with Crippen molar-refractivity contribution >= 4 is 34.2 Å². The first-order valence-corrected chi connectivity index (χ1v) is 8.72. The van der Waals surface area contributed by atoms with Crippen molar-refractivity contribution in [2.75, 3.05) is 26.2 Å². The Morgan fingerprint density at radius 3 is 2.38 bits per heavy atom. The fourth-order valence-electron chi connectivity index (χ4n) is 2.89. The highest BCUT2D eigenvalue weighted by Crippen LogP contribution is 2.15. The molecule has 7 heteroatoms. The number of thiophene rings is 1. The van der Waals surface area contributed by atoms with E-state index in [9.17, 15) is 9.59 Å². The second-order valence-electron chi connectivity index (χ2n) is 5.70. The SMILES string of the molecule is O=C(c1ccsc1)N1CCN(C(=O)c2nc3ccccc3[nH]2)CC1. The van der Waals surface area contributed by atoms with Crippen LogP contribution in [-0.4, -0.2) is 57.8 Å². The predicted octanol–water partition coefficient (Wildman–Crippen LogP) is 2.22. The molecule has 4 rings (SSSR count). The quantitative estimate of drug-likeness (QED) is 0.778. The fourth-order valence-corrected chi connectivity index (χ4v) is 3.51. The van der Waals surface area contributed by atoms with Gasteiger partial charge in [-0.15, -0.1) is 0 Å². The lowest BCUT2D eigenvalue weighted by Gasteiger charge is -2.34. The van der Waals surface area contributed by atoms with Crippen LogP contribution >= 0.6 is 11.3 Å². The number of benzene rings is 1. The van der Waals surface area contributed by atoms with Gasteiger partial charge in [-0.25, -0.2) is 4.98 Å². The van der Waals surface area contributed by atoms with Crippen molar-refractivity contribution in [2.45, 2.75) is 0 Å². The van der Waals surface area contributed by atoms with Gasteiger partial charge in [-0.05, 0) is 23.6 Å². The minimum Gasteiger partial charge on any atom is -0.335 e. The number of nitrogens with one attached hydrogen (secondary N) is 1. The van der Waals surface area contributed by atoms with E-state index in [0.717, 1.165) is 16.6 Å². The van der Waals surface area contributed by atoms with E-state index in [4.69, 9.17) is 0 Å². The van der Waals surface area contributed by atoms with E-state index in [-0.39, 0.29) is 11.8 Å². The molecular formula is C17H16N4O2S. The van der Waals surface area contributed by atoms with Gasteiger partial charge in [0.05, 0.1) is 16.6 Å². The van der Waals surface area contributed by atoms with Crippen molar-refractivity contribution < 1.29 is 9.59 Å². The van der Waals surface area contributed by atoms with E-state index in [1.165, 1.54) is 11.3 Å². The molecule has 0 saturated carbocycles. The maximum Gasteiger partial charge on any atom is 0.289 e. The van der Waals surface area contributed by atoms with E-state index in [1.54, 1.807) is 9.80 Å². The van der Waals surface area contributed by atoms with Gasteiger partial charge >= 0.3 is 0 Å². The van der Waals surface area contributed by atoms with E-state index in [0.29, 0.717) is 32.0 Å². The maximum atomic E-state index is 12.6. The molecule has 0 radical (unpaired) electrons. The molecule has 1 aliphatic rings. The lowest BCUT2D eigenvalue weighted by atomic mass is 10.2. The number of fused-ring (bicyclic) bond motifs is 1. The third-order valence-electron chi connectivity index (χ3n) is 4.21. The van der Waals surface area contributed by atoms with Gasteiger partial charge in [0.15, 0.2) is 5.82 Å². The zero-order chi connectivity index (χ0) is 16.5. The summed E-state index contributed by atoms with van der Waals surface area (Å²) in [4.78, 5) is 35.9. The van der Waals surface area contributed by atoms with Crippen molar-refractivity contribution in [2.24, 2.45) is 0 Å². The summed E-state index contributed by atoms with van der Waals surface area (Å²) in [6.45, 7) is 2.12. The lowest BCUT2D eigenvalue weighted by molar-refractivity contribution is 0.0530. The largest absolute Gasteiger partial charge is 0.335 e. The van der Waals surface area contributed by atoms with Crippen molar-refractivity contribution in [3.63, 3.8) is 0 Å². The average molecular weight is 340 g/mol. The van der Waals surface area contributed by atoms with Crippen molar-refractivity contribution in [3.8, 4) is 0 Å². The number of rotatable bonds is 2. The van der Waals surface area contributed by atoms with Gasteiger partial charge in [-0.2, -0.15) is 11.3 Å². The number of aromatic nitrogens is 2. The van der Waals surface area contributed by atoms with Crippen LogP contribution < -0.4 is 0 Å². The number of amides is 2. The minimum atomic E-state index is -0.117. The molecule has 2 amide bonds. The summed E-state index contributed by atoms with van der Waals surface area (Å²) in [5.41, 5.74) is 2.36. The molecule has 122 valence electrons. The Balaban J connectivity index is 1.43. The summed E-state index contributed by atoms with van der Waals surface area (Å²) in [6, 6.07) is 9.41. The summed E-state index contributed by atoms with van der Waals surface area (Å²) in [5, 5.41) is 3.75. The van der Waals surface area contributed by atoms with Gasteiger partial charge < -0.3 is 14.8 Å². The molecule has 0 unspecified atom stereocenters. The second-order valence-corrected chi connectivity index (χ2v) is 6.48. The van der Waals surface area contributed by atoms with Crippen LogP contribution in [0.25, 0.3) is 11.0 Å². The third-order valence-corrected chi connectivity index (χ3v) is 4.90. The molecule has 6 nitrogen and oxygen atoms in total. The number of hydrogen-bond donors (Lipinski definition) is 1. The molecule has 0 atom stereocenters. The standard InChI is InChI=1S/C17H16N4O2S/c22-16(12-5-10-24-11-12)20-6-8-21(9-7-20)17(23)15-18-13-3-1-2-4-14(13)19-15/h1-5,10-11H,6-9H2,(H,18,19). The van der Waals surface area contributed by atoms with Gasteiger partial charge in [-0.3, -0.25) is 9.59 Å². The van der Waals surface area contributed by atoms with E-state index in [2.05, 4.69) is 9.97 Å². The van der Waals surface area contributed by atoms with E-state index in [1.807, 2.05) is 41.1 Å². The zero-order valence-corrected chi connectivity index (χ0v) is 13.8. The maximum absolute atomic E-state index is 12.6. The van der Waals surface area contributed by atoms with Crippen LogP contribution in [-0.2, 0) is 0 Å². The van der Waals surface area contributed by atoms with Gasteiger partial charge in [0, 0.05) is 31.6 Å². The minimum absolute atomic E-state index is 0.0343. The predicted molar refractivity (Wildman–Crippen MR) is 92.2 cm³/mol. The van der Waals surface area contributed by atoms with Gasteiger partial charge in [0.1, 0.15) is 0 Å². The molecular weight excluding hydrogens is 324 g/mol. The van der Waals surface area contributed by atoms with E-state index >= 15 is 0 Å². The molecule has 3 aromatic rings. The lowest BCUT2D eigenvalue weighted by Crippen LogP contribution is -2.50. The Morgan fingerprint density at radius 2 is 1.71 bits per heavy atom. The van der Waals surface area contributed by atoms with Gasteiger partial charge in [-0.1, -0.05) is 12.1 Å².